The summed E-state index contributed by atoms with van der Waals surface area (Å²) in [6, 6.07) is 0. The van der Waals surface area contributed by atoms with Crippen LogP contribution in [0.2, 0.25) is 0 Å². The standard InChI is InChI=1S/C14H18F3N5O2S/c1-3-4-20-6-11(23)21(8-20)5-9-12(14(15,16)17)22-13(18-9)25-10(19-22)7-24-2/h3-8H2,1-2H3. The Morgan fingerprint density at radius 1 is 1.36 bits per heavy atom. The Bertz CT molecular complexity index is 772. The third-order valence-electron chi connectivity index (χ3n) is 3.82. The molecule has 0 aromatic carbocycles. The number of hydrogen-bond acceptors (Lipinski definition) is 6. The molecule has 1 saturated heterocycles. The van der Waals surface area contributed by atoms with E-state index in [9.17, 15) is 18.0 Å². The summed E-state index contributed by atoms with van der Waals surface area (Å²) in [5, 5.41) is 4.35. The molecule has 11 heteroatoms. The Balaban J connectivity index is 1.90. The fraction of sp³-hybridized carbons (Fsp3) is 0.643. The van der Waals surface area contributed by atoms with Crippen molar-refractivity contribution in [1.29, 1.82) is 0 Å². The van der Waals surface area contributed by atoms with Crippen molar-refractivity contribution in [3.8, 4) is 0 Å². The summed E-state index contributed by atoms with van der Waals surface area (Å²) < 4.78 is 46.3. The Hall–Kier alpha value is -1.72. The molecule has 0 spiro atoms. The predicted molar refractivity (Wildman–Crippen MR) is 83.9 cm³/mol. The summed E-state index contributed by atoms with van der Waals surface area (Å²) in [6.07, 6.45) is -3.74. The van der Waals surface area contributed by atoms with E-state index in [2.05, 4.69) is 10.1 Å². The van der Waals surface area contributed by atoms with Gasteiger partial charge in [-0.3, -0.25) is 9.69 Å². The van der Waals surface area contributed by atoms with Crippen LogP contribution < -0.4 is 0 Å². The number of aromatic nitrogens is 3. The van der Waals surface area contributed by atoms with E-state index in [1.807, 2.05) is 11.8 Å². The lowest BCUT2D eigenvalue weighted by atomic mass is 10.3. The van der Waals surface area contributed by atoms with E-state index in [4.69, 9.17) is 4.74 Å². The number of imidazole rings is 1. The number of amides is 1. The average Bonchev–Trinajstić information content (AvgIpc) is 3.12. The monoisotopic (exact) mass is 377 g/mol. The minimum Gasteiger partial charge on any atom is -0.377 e. The van der Waals surface area contributed by atoms with Crippen LogP contribution in [0.3, 0.4) is 0 Å². The summed E-state index contributed by atoms with van der Waals surface area (Å²) in [4.78, 5) is 19.6. The lowest BCUT2D eigenvalue weighted by molar-refractivity contribution is -0.143. The van der Waals surface area contributed by atoms with E-state index in [0.29, 0.717) is 11.7 Å². The lowest BCUT2D eigenvalue weighted by Gasteiger charge is -2.17. The van der Waals surface area contributed by atoms with Crippen LogP contribution in [0.25, 0.3) is 4.96 Å². The van der Waals surface area contributed by atoms with Gasteiger partial charge in [0.05, 0.1) is 32.1 Å². The molecule has 2 aromatic rings. The maximum atomic E-state index is 13.5. The number of ether oxygens (including phenoxy) is 1. The van der Waals surface area contributed by atoms with Crippen LogP contribution in [-0.2, 0) is 28.9 Å². The number of halogens is 3. The van der Waals surface area contributed by atoms with Crippen molar-refractivity contribution in [2.75, 3.05) is 26.9 Å². The molecule has 0 N–H and O–H groups in total. The molecule has 0 radical (unpaired) electrons. The minimum absolute atomic E-state index is 0.122. The first-order valence-electron chi connectivity index (χ1n) is 7.77. The maximum absolute atomic E-state index is 13.5. The fourth-order valence-electron chi connectivity index (χ4n) is 2.85. The van der Waals surface area contributed by atoms with Gasteiger partial charge >= 0.3 is 6.18 Å². The molecule has 3 rings (SSSR count). The maximum Gasteiger partial charge on any atom is 0.435 e. The first-order valence-corrected chi connectivity index (χ1v) is 8.58. The molecule has 138 valence electrons. The zero-order chi connectivity index (χ0) is 18.2. The highest BCUT2D eigenvalue weighted by Gasteiger charge is 2.41. The van der Waals surface area contributed by atoms with Crippen LogP contribution in [0.1, 0.15) is 29.7 Å². The lowest BCUT2D eigenvalue weighted by Crippen LogP contribution is -2.28. The first-order chi connectivity index (χ1) is 11.8. The van der Waals surface area contributed by atoms with Crippen LogP contribution in [0.4, 0.5) is 13.2 Å². The molecular weight excluding hydrogens is 359 g/mol. The zero-order valence-electron chi connectivity index (χ0n) is 13.8. The molecule has 25 heavy (non-hydrogen) atoms. The molecule has 0 atom stereocenters. The van der Waals surface area contributed by atoms with E-state index in [1.54, 1.807) is 0 Å². The molecular formula is C14H18F3N5O2S. The molecule has 7 nitrogen and oxygen atoms in total. The average molecular weight is 377 g/mol. The van der Waals surface area contributed by atoms with Gasteiger partial charge in [0.2, 0.25) is 10.9 Å². The van der Waals surface area contributed by atoms with Crippen LogP contribution in [0.5, 0.6) is 0 Å². The highest BCUT2D eigenvalue weighted by molar-refractivity contribution is 7.16. The summed E-state index contributed by atoms with van der Waals surface area (Å²) in [6.45, 7) is 3.21. The number of fused-ring (bicyclic) bond motifs is 1. The molecule has 2 aromatic heterocycles. The van der Waals surface area contributed by atoms with Gasteiger partial charge in [0, 0.05) is 13.7 Å². The number of methoxy groups -OCH3 is 1. The molecule has 1 amide bonds. The number of carbonyl (C=O) groups is 1. The molecule has 1 fully saturated rings. The van der Waals surface area contributed by atoms with E-state index in [1.165, 1.54) is 12.0 Å². The highest BCUT2D eigenvalue weighted by Crippen LogP contribution is 2.34. The quantitative estimate of drug-likeness (QED) is 0.770. The van der Waals surface area contributed by atoms with Gasteiger partial charge < -0.3 is 9.64 Å². The number of rotatable bonds is 6. The van der Waals surface area contributed by atoms with Gasteiger partial charge in [-0.05, 0) is 6.42 Å². The molecule has 0 bridgehead atoms. The van der Waals surface area contributed by atoms with Gasteiger partial charge in [0.15, 0.2) is 5.69 Å². The van der Waals surface area contributed by atoms with Gasteiger partial charge in [0.1, 0.15) is 5.01 Å². The van der Waals surface area contributed by atoms with Gasteiger partial charge in [0.25, 0.3) is 0 Å². The molecule has 3 heterocycles. The van der Waals surface area contributed by atoms with E-state index < -0.39 is 11.9 Å². The largest absolute Gasteiger partial charge is 0.435 e. The van der Waals surface area contributed by atoms with Crippen molar-refractivity contribution >= 4 is 22.2 Å². The Labute approximate surface area is 146 Å². The van der Waals surface area contributed by atoms with Gasteiger partial charge in [-0.2, -0.15) is 22.8 Å². The topological polar surface area (TPSA) is 63.0 Å². The second-order valence-electron chi connectivity index (χ2n) is 5.81. The summed E-state index contributed by atoms with van der Waals surface area (Å²) in [5.41, 5.74) is -1.11. The van der Waals surface area contributed by atoms with Crippen LogP contribution >= 0.6 is 11.3 Å². The molecule has 1 aliphatic heterocycles. The molecule has 0 aliphatic carbocycles. The zero-order valence-corrected chi connectivity index (χ0v) is 14.7. The van der Waals surface area contributed by atoms with Gasteiger partial charge in [-0.25, -0.2) is 4.98 Å². The summed E-state index contributed by atoms with van der Waals surface area (Å²) in [7, 11) is 1.45. The summed E-state index contributed by atoms with van der Waals surface area (Å²) in [5.74, 6) is -0.189. The number of hydrogen-bond donors (Lipinski definition) is 0. The van der Waals surface area contributed by atoms with Crippen molar-refractivity contribution in [3.63, 3.8) is 0 Å². The van der Waals surface area contributed by atoms with E-state index in [0.717, 1.165) is 28.8 Å². The SMILES string of the molecule is CCCN1CC(=O)N(Cc2nc3sc(COC)nn3c2C(F)(F)F)C1. The Kier molecular flexibility index (Phi) is 4.98. The van der Waals surface area contributed by atoms with Crippen molar-refractivity contribution in [1.82, 2.24) is 24.4 Å². The van der Waals surface area contributed by atoms with Crippen LogP contribution in [0.15, 0.2) is 0 Å². The predicted octanol–water partition coefficient (Wildman–Crippen LogP) is 1.97. The van der Waals surface area contributed by atoms with Crippen molar-refractivity contribution in [3.05, 3.63) is 16.4 Å². The normalized spacial score (nSPS) is 16.5. The second kappa shape index (κ2) is 6.89. The van der Waals surface area contributed by atoms with Crippen molar-refractivity contribution in [2.45, 2.75) is 32.7 Å². The minimum atomic E-state index is -4.61. The third kappa shape index (κ3) is 3.62. The van der Waals surface area contributed by atoms with Crippen LogP contribution in [0, 0.1) is 0 Å². The fourth-order valence-corrected chi connectivity index (χ4v) is 3.74. The van der Waals surface area contributed by atoms with E-state index >= 15 is 0 Å². The highest BCUT2D eigenvalue weighted by atomic mass is 32.1. The van der Waals surface area contributed by atoms with Gasteiger partial charge in [-0.15, -0.1) is 0 Å². The Morgan fingerprint density at radius 3 is 2.76 bits per heavy atom. The smallest absolute Gasteiger partial charge is 0.377 e. The first kappa shape index (κ1) is 18.1. The Morgan fingerprint density at radius 2 is 2.12 bits per heavy atom. The second-order valence-corrected chi connectivity index (χ2v) is 6.85. The molecule has 0 unspecified atom stereocenters. The summed E-state index contributed by atoms with van der Waals surface area (Å²) >= 11 is 1.04. The van der Waals surface area contributed by atoms with Crippen molar-refractivity contribution < 1.29 is 22.7 Å². The number of alkyl halides is 3. The number of carbonyl (C=O) groups excluding carboxylic acids is 1. The third-order valence-corrected chi connectivity index (χ3v) is 4.70. The van der Waals surface area contributed by atoms with Gasteiger partial charge in [-0.1, -0.05) is 18.3 Å². The molecule has 0 saturated carbocycles. The molecule has 1 aliphatic rings. The van der Waals surface area contributed by atoms with Crippen molar-refractivity contribution in [2.24, 2.45) is 0 Å². The van der Waals surface area contributed by atoms with Crippen LogP contribution in [-0.4, -0.2) is 57.2 Å². The van der Waals surface area contributed by atoms with E-state index in [-0.39, 0.29) is 36.3 Å². The number of nitrogens with zero attached hydrogens (tertiary/aromatic N) is 5.